The SMILES string of the molecule is NOC/C=C\CO. The first-order valence-electron chi connectivity index (χ1n) is 1.99. The van der Waals surface area contributed by atoms with Gasteiger partial charge in [-0.3, -0.25) is 0 Å². The Morgan fingerprint density at radius 3 is 2.71 bits per heavy atom. The minimum Gasteiger partial charge on any atom is -0.392 e. The molecule has 0 bridgehead atoms. The predicted octanol–water partition coefficient (Wildman–Crippen LogP) is -0.575. The second kappa shape index (κ2) is 5.62. The van der Waals surface area contributed by atoms with Crippen molar-refractivity contribution in [3.8, 4) is 0 Å². The summed E-state index contributed by atoms with van der Waals surface area (Å²) >= 11 is 0. The zero-order chi connectivity index (χ0) is 5.54. The first kappa shape index (κ1) is 6.62. The molecule has 0 aromatic rings. The van der Waals surface area contributed by atoms with Crippen LogP contribution in [0, 0.1) is 0 Å². The smallest absolute Gasteiger partial charge is 0.0861 e. The molecule has 0 radical (unpaired) electrons. The van der Waals surface area contributed by atoms with Crippen molar-refractivity contribution in [1.29, 1.82) is 0 Å². The Morgan fingerprint density at radius 2 is 2.29 bits per heavy atom. The van der Waals surface area contributed by atoms with Gasteiger partial charge in [-0.05, 0) is 0 Å². The second-order valence-corrected chi connectivity index (χ2v) is 0.987. The van der Waals surface area contributed by atoms with E-state index in [0.717, 1.165) is 0 Å². The summed E-state index contributed by atoms with van der Waals surface area (Å²) in [6, 6.07) is 0. The van der Waals surface area contributed by atoms with Crippen molar-refractivity contribution in [3.05, 3.63) is 12.2 Å². The number of hydrogen-bond donors (Lipinski definition) is 2. The number of aliphatic hydroxyl groups excluding tert-OH is 1. The van der Waals surface area contributed by atoms with Gasteiger partial charge in [-0.25, -0.2) is 5.90 Å². The quantitative estimate of drug-likeness (QED) is 0.371. The van der Waals surface area contributed by atoms with E-state index in [1.165, 1.54) is 0 Å². The van der Waals surface area contributed by atoms with Gasteiger partial charge in [0.2, 0.25) is 0 Å². The van der Waals surface area contributed by atoms with Crippen molar-refractivity contribution in [2.24, 2.45) is 5.90 Å². The molecule has 0 rings (SSSR count). The Morgan fingerprint density at radius 1 is 1.57 bits per heavy atom. The fraction of sp³-hybridized carbons (Fsp3) is 0.500. The van der Waals surface area contributed by atoms with Crippen LogP contribution in [0.3, 0.4) is 0 Å². The summed E-state index contributed by atoms with van der Waals surface area (Å²) in [4.78, 5) is 4.15. The van der Waals surface area contributed by atoms with Gasteiger partial charge in [-0.2, -0.15) is 0 Å². The third kappa shape index (κ3) is 5.62. The number of nitrogens with two attached hydrogens (primary N) is 1. The summed E-state index contributed by atoms with van der Waals surface area (Å²) in [5.74, 6) is 4.64. The molecular weight excluding hydrogens is 94.0 g/mol. The van der Waals surface area contributed by atoms with Crippen molar-refractivity contribution in [1.82, 2.24) is 0 Å². The molecule has 42 valence electrons. The lowest BCUT2D eigenvalue weighted by Gasteiger charge is -1.83. The molecule has 0 aliphatic rings. The standard InChI is InChI=1S/C4H9NO2/c5-7-4-2-1-3-6/h1-2,6H,3-5H2/b2-1-. The maximum Gasteiger partial charge on any atom is 0.0861 e. The summed E-state index contributed by atoms with van der Waals surface area (Å²) in [5.41, 5.74) is 0. The van der Waals surface area contributed by atoms with Crippen molar-refractivity contribution in [2.75, 3.05) is 13.2 Å². The molecule has 0 aromatic carbocycles. The minimum absolute atomic E-state index is 0.0450. The zero-order valence-corrected chi connectivity index (χ0v) is 4.00. The van der Waals surface area contributed by atoms with Crippen LogP contribution in [0.4, 0.5) is 0 Å². The Bertz CT molecular complexity index is 53.7. The third-order valence-electron chi connectivity index (χ3n) is 0.465. The van der Waals surface area contributed by atoms with E-state index in [1.54, 1.807) is 12.2 Å². The molecule has 3 nitrogen and oxygen atoms in total. The normalized spacial score (nSPS) is 10.6. The molecule has 0 aliphatic heterocycles. The van der Waals surface area contributed by atoms with E-state index in [-0.39, 0.29) is 6.61 Å². The number of hydrogen-bond acceptors (Lipinski definition) is 3. The van der Waals surface area contributed by atoms with Gasteiger partial charge in [0.05, 0.1) is 13.2 Å². The van der Waals surface area contributed by atoms with Gasteiger partial charge in [-0.15, -0.1) is 0 Å². The fourth-order valence-corrected chi connectivity index (χ4v) is 0.198. The van der Waals surface area contributed by atoms with Gasteiger partial charge in [0, 0.05) is 0 Å². The molecule has 0 saturated carbocycles. The monoisotopic (exact) mass is 103 g/mol. The van der Waals surface area contributed by atoms with Crippen molar-refractivity contribution >= 4 is 0 Å². The van der Waals surface area contributed by atoms with Crippen LogP contribution in [-0.4, -0.2) is 18.3 Å². The molecule has 0 amide bonds. The van der Waals surface area contributed by atoms with E-state index in [4.69, 9.17) is 5.11 Å². The van der Waals surface area contributed by atoms with Gasteiger partial charge >= 0.3 is 0 Å². The minimum atomic E-state index is 0.0450. The molecule has 3 heteroatoms. The van der Waals surface area contributed by atoms with E-state index in [9.17, 15) is 0 Å². The molecule has 0 saturated heterocycles. The Balaban J connectivity index is 2.78. The lowest BCUT2D eigenvalue weighted by molar-refractivity contribution is 0.167. The molecule has 0 fully saturated rings. The Hall–Kier alpha value is -0.380. The lowest BCUT2D eigenvalue weighted by Crippen LogP contribution is -1.97. The van der Waals surface area contributed by atoms with E-state index in [1.807, 2.05) is 0 Å². The summed E-state index contributed by atoms with van der Waals surface area (Å²) in [7, 11) is 0. The maximum absolute atomic E-state index is 8.11. The van der Waals surface area contributed by atoms with E-state index in [0.29, 0.717) is 6.61 Å². The highest BCUT2D eigenvalue weighted by atomic mass is 16.6. The van der Waals surface area contributed by atoms with E-state index in [2.05, 4.69) is 10.7 Å². The first-order valence-corrected chi connectivity index (χ1v) is 1.99. The molecule has 3 N–H and O–H groups in total. The summed E-state index contributed by atoms with van der Waals surface area (Å²) < 4.78 is 0. The highest BCUT2D eigenvalue weighted by Gasteiger charge is 1.67. The Kier molecular flexibility index (Phi) is 5.31. The van der Waals surface area contributed by atoms with Crippen LogP contribution >= 0.6 is 0 Å². The largest absolute Gasteiger partial charge is 0.392 e. The second-order valence-electron chi connectivity index (χ2n) is 0.987. The van der Waals surface area contributed by atoms with Gasteiger partial charge in [0.15, 0.2) is 0 Å². The van der Waals surface area contributed by atoms with Gasteiger partial charge in [0.25, 0.3) is 0 Å². The predicted molar refractivity (Wildman–Crippen MR) is 26.4 cm³/mol. The van der Waals surface area contributed by atoms with E-state index >= 15 is 0 Å². The molecule has 7 heavy (non-hydrogen) atoms. The summed E-state index contributed by atoms with van der Waals surface area (Å²) in [5, 5.41) is 8.11. The number of aliphatic hydroxyl groups is 1. The first-order chi connectivity index (χ1) is 3.41. The van der Waals surface area contributed by atoms with Crippen LogP contribution in [0.2, 0.25) is 0 Å². The van der Waals surface area contributed by atoms with Crippen LogP contribution in [0.1, 0.15) is 0 Å². The molecular formula is C4H9NO2. The van der Waals surface area contributed by atoms with Crippen molar-refractivity contribution in [3.63, 3.8) is 0 Å². The molecule has 0 spiro atoms. The van der Waals surface area contributed by atoms with Crippen LogP contribution in [0.5, 0.6) is 0 Å². The summed E-state index contributed by atoms with van der Waals surface area (Å²) in [6.07, 6.45) is 3.20. The van der Waals surface area contributed by atoms with Crippen molar-refractivity contribution < 1.29 is 9.94 Å². The zero-order valence-electron chi connectivity index (χ0n) is 4.00. The highest BCUT2D eigenvalue weighted by Crippen LogP contribution is 1.67. The Labute approximate surface area is 42.3 Å². The molecule has 0 heterocycles. The van der Waals surface area contributed by atoms with Crippen molar-refractivity contribution in [2.45, 2.75) is 0 Å². The average Bonchev–Trinajstić information content (AvgIpc) is 1.69. The van der Waals surface area contributed by atoms with Gasteiger partial charge in [-0.1, -0.05) is 12.2 Å². The van der Waals surface area contributed by atoms with Gasteiger partial charge in [0.1, 0.15) is 0 Å². The molecule has 0 aromatic heterocycles. The summed E-state index contributed by atoms with van der Waals surface area (Å²) in [6.45, 7) is 0.407. The maximum atomic E-state index is 8.11. The lowest BCUT2D eigenvalue weighted by atomic mass is 10.5. The van der Waals surface area contributed by atoms with Crippen LogP contribution in [0.25, 0.3) is 0 Å². The van der Waals surface area contributed by atoms with E-state index < -0.39 is 0 Å². The molecule has 0 unspecified atom stereocenters. The van der Waals surface area contributed by atoms with Gasteiger partial charge < -0.3 is 9.94 Å². The average molecular weight is 103 g/mol. The molecule has 0 aliphatic carbocycles. The molecule has 0 atom stereocenters. The van der Waals surface area contributed by atoms with Crippen LogP contribution in [0.15, 0.2) is 12.2 Å². The van der Waals surface area contributed by atoms with Crippen LogP contribution in [-0.2, 0) is 4.84 Å². The fourth-order valence-electron chi connectivity index (χ4n) is 0.198. The highest BCUT2D eigenvalue weighted by molar-refractivity contribution is 4.79. The third-order valence-corrected chi connectivity index (χ3v) is 0.465. The number of rotatable bonds is 3. The van der Waals surface area contributed by atoms with Crippen LogP contribution < -0.4 is 5.90 Å². The topological polar surface area (TPSA) is 55.5 Å².